The first-order chi connectivity index (χ1) is 11.3. The van der Waals surface area contributed by atoms with Crippen LogP contribution in [0, 0.1) is 5.92 Å². The third kappa shape index (κ3) is 3.38. The Morgan fingerprint density at radius 1 is 1.17 bits per heavy atom. The van der Waals surface area contributed by atoms with E-state index in [0.717, 1.165) is 6.42 Å². The first-order valence-corrected chi connectivity index (χ1v) is 33.1. The van der Waals surface area contributed by atoms with Crippen molar-refractivity contribution in [2.45, 2.75) is 40.3 Å². The molecule has 1 unspecified atom stereocenters. The Hall–Kier alpha value is 0.857. The number of rotatable bonds is 2. The van der Waals surface area contributed by atoms with Gasteiger partial charge in [-0.15, -0.1) is 0 Å². The van der Waals surface area contributed by atoms with E-state index < -0.39 is 21.5 Å². The van der Waals surface area contributed by atoms with E-state index in [-0.39, 0.29) is 0 Å². The molecule has 0 aromatic rings. The van der Waals surface area contributed by atoms with Crippen LogP contribution < -0.4 is 0 Å². The maximum atomic E-state index is 2.78. The van der Waals surface area contributed by atoms with Crippen molar-refractivity contribution in [2.24, 2.45) is 5.92 Å². The summed E-state index contributed by atoms with van der Waals surface area (Å²) in [5.74, 6) is 0.556. The predicted octanol–water partition coefficient (Wildman–Crippen LogP) is 6.81. The summed E-state index contributed by atoms with van der Waals surface area (Å²) in [5, 5.41) is 1.67. The molecule has 24 heavy (non-hydrogen) atoms. The average molecular weight is 724 g/mol. The SMILES string of the molecule is CC1=C(C2=C3C(=CC=CC(=[Si](C)C)C3C)[C]([Hf]([I])[I])=C2C)CC=C1. The Kier molecular flexibility index (Phi) is 6.41. The van der Waals surface area contributed by atoms with E-state index in [1.54, 1.807) is 36.4 Å². The van der Waals surface area contributed by atoms with Crippen molar-refractivity contribution in [3.63, 3.8) is 0 Å². The molecular weight excluding hydrogens is 701 g/mol. The fourth-order valence-corrected chi connectivity index (χ4v) is 19.9. The fourth-order valence-electron chi connectivity index (χ4n) is 4.12. The van der Waals surface area contributed by atoms with Crippen molar-refractivity contribution in [3.05, 3.63) is 67.1 Å². The predicted molar refractivity (Wildman–Crippen MR) is 123 cm³/mol. The van der Waals surface area contributed by atoms with E-state index in [1.165, 1.54) is 5.57 Å². The number of allylic oxidation sites excluding steroid dienone is 12. The molecule has 0 N–H and O–H groups in total. The summed E-state index contributed by atoms with van der Waals surface area (Å²) >= 11 is 3.86. The van der Waals surface area contributed by atoms with Gasteiger partial charge in [-0.3, -0.25) is 0 Å². The minimum absolute atomic E-state index is 0.433. The number of hydrogen-bond acceptors (Lipinski definition) is 0. The van der Waals surface area contributed by atoms with Crippen LogP contribution in [0.3, 0.4) is 0 Å². The summed E-state index contributed by atoms with van der Waals surface area (Å²) in [4.78, 5) is 0. The van der Waals surface area contributed by atoms with E-state index in [9.17, 15) is 0 Å². The van der Waals surface area contributed by atoms with Gasteiger partial charge in [0.15, 0.2) is 0 Å². The van der Waals surface area contributed by atoms with E-state index >= 15 is 0 Å². The van der Waals surface area contributed by atoms with Gasteiger partial charge in [0.1, 0.15) is 0 Å². The molecule has 3 aliphatic carbocycles. The Labute approximate surface area is 174 Å². The third-order valence-electron chi connectivity index (χ3n) is 5.25. The van der Waals surface area contributed by atoms with E-state index in [1.807, 2.05) is 0 Å². The number of hydrogen-bond donors (Lipinski definition) is 0. The molecule has 0 nitrogen and oxygen atoms in total. The van der Waals surface area contributed by atoms with Gasteiger partial charge in [-0.25, -0.2) is 0 Å². The molecule has 0 spiro atoms. The van der Waals surface area contributed by atoms with Gasteiger partial charge < -0.3 is 0 Å². The second-order valence-electron chi connectivity index (χ2n) is 6.93. The molecule has 4 heteroatoms. The molecule has 0 heterocycles. The zero-order valence-corrected chi connectivity index (χ0v) is 23.8. The van der Waals surface area contributed by atoms with Crippen LogP contribution in [0.5, 0.6) is 0 Å². The van der Waals surface area contributed by atoms with Crippen molar-refractivity contribution >= 4 is 49.9 Å². The molecule has 0 aromatic heterocycles. The van der Waals surface area contributed by atoms with Crippen LogP contribution in [0.4, 0.5) is 0 Å². The van der Waals surface area contributed by atoms with Crippen LogP contribution >= 0.6 is 36.3 Å². The molecule has 0 aliphatic heterocycles. The minimum atomic E-state index is -1.71. The van der Waals surface area contributed by atoms with Crippen molar-refractivity contribution in [1.29, 1.82) is 0 Å². The molecule has 0 radical (unpaired) electrons. The van der Waals surface area contributed by atoms with E-state index in [2.05, 4.69) is 101 Å². The van der Waals surface area contributed by atoms with Gasteiger partial charge >= 0.3 is 176 Å². The van der Waals surface area contributed by atoms with Crippen molar-refractivity contribution in [3.8, 4) is 0 Å². The molecular formula is C20H23HfI2Si. The molecule has 1 atom stereocenters. The molecule has 0 saturated heterocycles. The van der Waals surface area contributed by atoms with Gasteiger partial charge in [0.05, 0.1) is 0 Å². The van der Waals surface area contributed by atoms with Crippen LogP contribution in [0.15, 0.2) is 67.1 Å². The summed E-state index contributed by atoms with van der Waals surface area (Å²) in [7, 11) is -0.433. The van der Waals surface area contributed by atoms with Crippen LogP contribution in [0.25, 0.3) is 0 Å². The number of fused-ring (bicyclic) bond motifs is 1. The molecule has 0 bridgehead atoms. The van der Waals surface area contributed by atoms with Crippen molar-refractivity contribution in [2.75, 3.05) is 0 Å². The van der Waals surface area contributed by atoms with Gasteiger partial charge in [-0.2, -0.15) is 0 Å². The fraction of sp³-hybridized carbons (Fsp3) is 0.350. The molecule has 125 valence electrons. The second kappa shape index (κ2) is 7.85. The van der Waals surface area contributed by atoms with Gasteiger partial charge in [0, 0.05) is 0 Å². The van der Waals surface area contributed by atoms with Gasteiger partial charge in [0.2, 0.25) is 0 Å². The van der Waals surface area contributed by atoms with Gasteiger partial charge in [0.25, 0.3) is 0 Å². The summed E-state index contributed by atoms with van der Waals surface area (Å²) in [6.07, 6.45) is 12.9. The Balaban J connectivity index is 2.30. The Morgan fingerprint density at radius 3 is 2.42 bits per heavy atom. The quantitative estimate of drug-likeness (QED) is 0.217. The van der Waals surface area contributed by atoms with Crippen LogP contribution in [-0.4, -0.2) is 13.6 Å². The van der Waals surface area contributed by atoms with Crippen molar-refractivity contribution < 1.29 is 13.1 Å². The molecule has 0 amide bonds. The van der Waals surface area contributed by atoms with E-state index in [0.29, 0.717) is 5.92 Å². The van der Waals surface area contributed by atoms with Gasteiger partial charge in [-0.1, -0.05) is 0 Å². The van der Waals surface area contributed by atoms with Crippen LogP contribution in [0.1, 0.15) is 27.2 Å². The zero-order valence-electron chi connectivity index (χ0n) is 14.9. The zero-order chi connectivity index (χ0) is 17.6. The Morgan fingerprint density at radius 2 is 1.88 bits per heavy atom. The molecule has 3 aliphatic rings. The summed E-state index contributed by atoms with van der Waals surface area (Å²) < 4.78 is 1.75. The summed E-state index contributed by atoms with van der Waals surface area (Å²) in [5.41, 5.74) is 9.48. The monoisotopic (exact) mass is 725 g/mol. The average Bonchev–Trinajstić information content (AvgIpc) is 2.98. The summed E-state index contributed by atoms with van der Waals surface area (Å²) in [6.45, 7) is 12.0. The van der Waals surface area contributed by atoms with Crippen LogP contribution in [-0.2, 0) is 13.1 Å². The third-order valence-corrected chi connectivity index (χ3v) is 19.5. The molecule has 0 aromatic carbocycles. The Bertz CT molecular complexity index is 813. The molecule has 3 rings (SSSR count). The molecule has 0 saturated carbocycles. The molecule has 0 fully saturated rings. The topological polar surface area (TPSA) is 0 Å². The summed E-state index contributed by atoms with van der Waals surface area (Å²) in [6, 6.07) is 0. The maximum absolute atomic E-state index is 2.78. The van der Waals surface area contributed by atoms with Crippen molar-refractivity contribution in [1.82, 2.24) is 0 Å². The number of halogens is 2. The second-order valence-corrected chi connectivity index (χ2v) is 47.7. The first kappa shape index (κ1) is 19.6. The normalized spacial score (nSPS) is 23.2. The standard InChI is InChI=1S/C20H23Si.Hf.2HI/c1-13-8-6-10-17(13)19-14(2)12-16-9-7-11-18(21(4)5)15(3)20(16)19;;;/h6-9,11,15H,10H2,1-5H3;;2*1H/q;+2;;/p-2. The van der Waals surface area contributed by atoms with E-state index in [4.69, 9.17) is 0 Å². The first-order valence-electron chi connectivity index (χ1n) is 8.41. The van der Waals surface area contributed by atoms with Gasteiger partial charge in [-0.05, 0) is 0 Å². The van der Waals surface area contributed by atoms with Crippen LogP contribution in [0.2, 0.25) is 13.1 Å².